The fourth-order valence-corrected chi connectivity index (χ4v) is 1.90. The van der Waals surface area contributed by atoms with Crippen LogP contribution in [0, 0.1) is 0 Å². The first-order valence-corrected chi connectivity index (χ1v) is 5.57. The Morgan fingerprint density at radius 1 is 1.44 bits per heavy atom. The number of halogens is 1. The molecule has 94 valence electrons. The van der Waals surface area contributed by atoms with Gasteiger partial charge in [-0.2, -0.15) is 0 Å². The van der Waals surface area contributed by atoms with Gasteiger partial charge in [-0.3, -0.25) is 4.79 Å². The summed E-state index contributed by atoms with van der Waals surface area (Å²) in [5.41, 5.74) is 0. The molecule has 2 fully saturated rings. The van der Waals surface area contributed by atoms with E-state index < -0.39 is 0 Å². The lowest BCUT2D eigenvalue weighted by Crippen LogP contribution is -2.45. The summed E-state index contributed by atoms with van der Waals surface area (Å²) < 4.78 is 10.7. The van der Waals surface area contributed by atoms with Gasteiger partial charge in [0.25, 0.3) is 0 Å². The summed E-state index contributed by atoms with van der Waals surface area (Å²) in [7, 11) is 0. The van der Waals surface area contributed by atoms with Crippen LogP contribution in [0.1, 0.15) is 12.8 Å². The van der Waals surface area contributed by atoms with E-state index in [4.69, 9.17) is 9.47 Å². The van der Waals surface area contributed by atoms with Gasteiger partial charge < -0.3 is 20.1 Å². The van der Waals surface area contributed by atoms with Crippen LogP contribution in [-0.4, -0.2) is 51.0 Å². The molecule has 2 aliphatic rings. The number of ether oxygens (including phenoxy) is 2. The smallest absolute Gasteiger partial charge is 0.237 e. The van der Waals surface area contributed by atoms with Crippen LogP contribution in [0.3, 0.4) is 0 Å². The number of rotatable bonds is 3. The number of carbonyl (C=O) groups excluding carboxylic acids is 1. The maximum absolute atomic E-state index is 11.6. The molecule has 16 heavy (non-hydrogen) atoms. The van der Waals surface area contributed by atoms with E-state index in [0.29, 0.717) is 26.4 Å². The SMILES string of the molecule is Cl.O=C(NCC1COCCO1)C1CCCN1. The summed E-state index contributed by atoms with van der Waals surface area (Å²) in [4.78, 5) is 11.6. The second-order valence-corrected chi connectivity index (χ2v) is 3.96. The molecule has 2 rings (SSSR count). The normalized spacial score (nSPS) is 29.5. The minimum Gasteiger partial charge on any atom is -0.376 e. The summed E-state index contributed by atoms with van der Waals surface area (Å²) in [6.07, 6.45) is 2.04. The zero-order valence-electron chi connectivity index (χ0n) is 9.24. The molecule has 2 N–H and O–H groups in total. The highest BCUT2D eigenvalue weighted by Crippen LogP contribution is 2.05. The van der Waals surface area contributed by atoms with Gasteiger partial charge in [-0.1, -0.05) is 0 Å². The summed E-state index contributed by atoms with van der Waals surface area (Å²) in [6.45, 7) is 3.37. The van der Waals surface area contributed by atoms with Crippen LogP contribution in [-0.2, 0) is 14.3 Å². The lowest BCUT2D eigenvalue weighted by molar-refractivity contribution is -0.125. The van der Waals surface area contributed by atoms with Gasteiger partial charge in [0.1, 0.15) is 0 Å². The van der Waals surface area contributed by atoms with Crippen molar-refractivity contribution in [1.82, 2.24) is 10.6 Å². The zero-order valence-corrected chi connectivity index (χ0v) is 10.1. The molecule has 2 heterocycles. The first-order chi connectivity index (χ1) is 7.36. The Labute approximate surface area is 102 Å². The van der Waals surface area contributed by atoms with Gasteiger partial charge in [-0.25, -0.2) is 0 Å². The van der Waals surface area contributed by atoms with E-state index in [-0.39, 0.29) is 30.5 Å². The Bertz CT molecular complexity index is 216. The van der Waals surface area contributed by atoms with Gasteiger partial charge in [0.05, 0.1) is 32.0 Å². The van der Waals surface area contributed by atoms with Crippen molar-refractivity contribution in [2.24, 2.45) is 0 Å². The molecule has 6 heteroatoms. The number of carbonyl (C=O) groups is 1. The van der Waals surface area contributed by atoms with E-state index in [9.17, 15) is 4.79 Å². The summed E-state index contributed by atoms with van der Waals surface area (Å²) >= 11 is 0. The maximum Gasteiger partial charge on any atom is 0.237 e. The molecule has 0 aromatic rings. The lowest BCUT2D eigenvalue weighted by atomic mass is 10.2. The first kappa shape index (κ1) is 13.7. The molecule has 2 saturated heterocycles. The van der Waals surface area contributed by atoms with E-state index in [2.05, 4.69) is 10.6 Å². The van der Waals surface area contributed by atoms with Gasteiger partial charge in [0.15, 0.2) is 0 Å². The molecular formula is C10H19ClN2O3. The molecule has 0 aromatic carbocycles. The highest BCUT2D eigenvalue weighted by atomic mass is 35.5. The average Bonchev–Trinajstić information content (AvgIpc) is 2.81. The van der Waals surface area contributed by atoms with E-state index in [1.807, 2.05) is 0 Å². The van der Waals surface area contributed by atoms with Crippen LogP contribution in [0.15, 0.2) is 0 Å². The maximum atomic E-state index is 11.6. The highest BCUT2D eigenvalue weighted by Gasteiger charge is 2.23. The number of hydrogen-bond acceptors (Lipinski definition) is 4. The Hall–Kier alpha value is -0.360. The lowest BCUT2D eigenvalue weighted by Gasteiger charge is -2.23. The van der Waals surface area contributed by atoms with Crippen molar-refractivity contribution >= 4 is 18.3 Å². The van der Waals surface area contributed by atoms with E-state index in [1.54, 1.807) is 0 Å². The van der Waals surface area contributed by atoms with Gasteiger partial charge in [0, 0.05) is 6.54 Å². The molecule has 0 radical (unpaired) electrons. The molecule has 0 saturated carbocycles. The highest BCUT2D eigenvalue weighted by molar-refractivity contribution is 5.85. The molecule has 0 spiro atoms. The Kier molecular flexibility index (Phi) is 6.05. The van der Waals surface area contributed by atoms with E-state index >= 15 is 0 Å². The van der Waals surface area contributed by atoms with Crippen LogP contribution in [0.2, 0.25) is 0 Å². The van der Waals surface area contributed by atoms with Gasteiger partial charge >= 0.3 is 0 Å². The van der Waals surface area contributed by atoms with Crippen LogP contribution in [0.25, 0.3) is 0 Å². The van der Waals surface area contributed by atoms with Crippen molar-refractivity contribution < 1.29 is 14.3 Å². The van der Waals surface area contributed by atoms with Crippen molar-refractivity contribution in [3.63, 3.8) is 0 Å². The minimum atomic E-state index is -0.00508. The summed E-state index contributed by atoms with van der Waals surface area (Å²) in [5, 5.41) is 6.05. The third-order valence-electron chi connectivity index (χ3n) is 2.77. The van der Waals surface area contributed by atoms with Crippen molar-refractivity contribution in [3.8, 4) is 0 Å². The molecule has 2 unspecified atom stereocenters. The minimum absolute atomic E-state index is 0. The molecule has 2 aliphatic heterocycles. The predicted molar refractivity (Wildman–Crippen MR) is 61.8 cm³/mol. The summed E-state index contributed by atoms with van der Waals surface area (Å²) in [5.74, 6) is 0.0849. The van der Waals surface area contributed by atoms with Gasteiger partial charge in [0.2, 0.25) is 5.91 Å². The first-order valence-electron chi connectivity index (χ1n) is 5.57. The Morgan fingerprint density at radius 3 is 2.94 bits per heavy atom. The quantitative estimate of drug-likeness (QED) is 0.722. The number of hydrogen-bond donors (Lipinski definition) is 2. The third kappa shape index (κ3) is 3.90. The molecule has 0 bridgehead atoms. The topological polar surface area (TPSA) is 59.6 Å². The Balaban J connectivity index is 0.00000128. The zero-order chi connectivity index (χ0) is 10.5. The largest absolute Gasteiger partial charge is 0.376 e. The monoisotopic (exact) mass is 250 g/mol. The van der Waals surface area contributed by atoms with Gasteiger partial charge in [-0.15, -0.1) is 12.4 Å². The number of nitrogens with one attached hydrogen (secondary N) is 2. The molecule has 1 amide bonds. The van der Waals surface area contributed by atoms with Crippen molar-refractivity contribution in [1.29, 1.82) is 0 Å². The van der Waals surface area contributed by atoms with Crippen molar-refractivity contribution in [2.45, 2.75) is 25.0 Å². The van der Waals surface area contributed by atoms with Crippen LogP contribution in [0.4, 0.5) is 0 Å². The predicted octanol–water partition coefficient (Wildman–Crippen LogP) is -0.308. The van der Waals surface area contributed by atoms with Crippen LogP contribution in [0.5, 0.6) is 0 Å². The van der Waals surface area contributed by atoms with Crippen LogP contribution < -0.4 is 10.6 Å². The molecule has 5 nitrogen and oxygen atoms in total. The molecule has 0 aliphatic carbocycles. The van der Waals surface area contributed by atoms with E-state index in [0.717, 1.165) is 19.4 Å². The molecule has 2 atom stereocenters. The standard InChI is InChI=1S/C10H18N2O3.ClH/c13-10(9-2-1-3-11-9)12-6-8-7-14-4-5-15-8;/h8-9,11H,1-7H2,(H,12,13);1H. The fraction of sp³-hybridized carbons (Fsp3) is 0.900. The third-order valence-corrected chi connectivity index (χ3v) is 2.77. The summed E-state index contributed by atoms with van der Waals surface area (Å²) in [6, 6.07) is -0.00508. The van der Waals surface area contributed by atoms with E-state index in [1.165, 1.54) is 0 Å². The Morgan fingerprint density at radius 2 is 2.31 bits per heavy atom. The second kappa shape index (κ2) is 7.06. The van der Waals surface area contributed by atoms with Crippen LogP contribution >= 0.6 is 12.4 Å². The second-order valence-electron chi connectivity index (χ2n) is 3.96. The fourth-order valence-electron chi connectivity index (χ4n) is 1.90. The average molecular weight is 251 g/mol. The number of amides is 1. The van der Waals surface area contributed by atoms with Crippen molar-refractivity contribution in [3.05, 3.63) is 0 Å². The van der Waals surface area contributed by atoms with Crippen molar-refractivity contribution in [2.75, 3.05) is 32.9 Å². The molecular weight excluding hydrogens is 232 g/mol. The molecule has 0 aromatic heterocycles. The van der Waals surface area contributed by atoms with Gasteiger partial charge in [-0.05, 0) is 19.4 Å².